The average molecular weight is 1310 g/mol. The van der Waals surface area contributed by atoms with Gasteiger partial charge in [-0.1, -0.05) is 243 Å². The lowest BCUT2D eigenvalue weighted by atomic mass is 9.98. The molecule has 0 N–H and O–H groups in total. The molecule has 0 saturated heterocycles. The van der Waals surface area contributed by atoms with E-state index >= 15 is 0 Å². The average Bonchev–Trinajstić information content (AvgIpc) is 1.68. The molecule has 18 aromatic rings. The number of furan rings is 2. The van der Waals surface area contributed by atoms with Crippen molar-refractivity contribution in [3.05, 3.63) is 313 Å². The Morgan fingerprint density at radius 2 is 0.691 bits per heavy atom. The molecule has 6 aromatic heterocycles. The lowest BCUT2D eigenvalue weighted by Gasteiger charge is -2.09. The molecule has 0 saturated carbocycles. The number of aromatic nitrogens is 10. The number of halogens is 3. The van der Waals surface area contributed by atoms with E-state index < -0.39 is 0 Å². The van der Waals surface area contributed by atoms with Gasteiger partial charge in [0, 0.05) is 67.1 Å². The van der Waals surface area contributed by atoms with Gasteiger partial charge >= 0.3 is 0 Å². The monoisotopic (exact) mass is 1310 g/mol. The highest BCUT2D eigenvalue weighted by Crippen LogP contribution is 2.40. The van der Waals surface area contributed by atoms with E-state index in [1.807, 2.05) is 200 Å². The summed E-state index contributed by atoms with van der Waals surface area (Å²) >= 11 is 18.9. The van der Waals surface area contributed by atoms with Crippen LogP contribution < -0.4 is 0 Å². The molecule has 18 rings (SSSR count). The molecule has 0 amide bonds. The predicted octanol–water partition coefficient (Wildman–Crippen LogP) is 22.1. The van der Waals surface area contributed by atoms with E-state index in [-0.39, 0.29) is 15.9 Å². The number of hydrogen-bond donors (Lipinski definition) is 0. The predicted molar refractivity (Wildman–Crippen MR) is 391 cm³/mol. The minimum absolute atomic E-state index is 0.127. The first-order chi connectivity index (χ1) is 47.8. The van der Waals surface area contributed by atoms with Crippen molar-refractivity contribution in [3.63, 3.8) is 0 Å². The van der Waals surface area contributed by atoms with Crippen LogP contribution in [0.25, 0.3) is 167 Å². The number of fused-ring (bicyclic) bond motifs is 8. The van der Waals surface area contributed by atoms with Crippen LogP contribution in [0.2, 0.25) is 15.9 Å². The molecule has 97 heavy (non-hydrogen) atoms. The molecule has 460 valence electrons. The van der Waals surface area contributed by atoms with Crippen LogP contribution in [0.4, 0.5) is 0 Å². The summed E-state index contributed by atoms with van der Waals surface area (Å²) in [5.41, 5.74) is 15.2. The summed E-state index contributed by atoms with van der Waals surface area (Å²) in [5, 5.41) is 9.20. The Balaban J connectivity index is 0.000000116. The maximum atomic E-state index is 6.41. The van der Waals surface area contributed by atoms with Crippen molar-refractivity contribution in [1.82, 2.24) is 49.8 Å². The molecular weight excluding hydrogens is 1260 g/mol. The van der Waals surface area contributed by atoms with Crippen LogP contribution in [-0.2, 0) is 0 Å². The highest BCUT2D eigenvalue weighted by molar-refractivity contribution is 6.29. The van der Waals surface area contributed by atoms with Gasteiger partial charge in [0.25, 0.3) is 0 Å². The normalized spacial score (nSPS) is 11.2. The van der Waals surface area contributed by atoms with E-state index in [2.05, 4.69) is 131 Å². The molecule has 0 atom stereocenters. The smallest absolute Gasteiger partial charge is 0.226 e. The standard InChI is InChI=1S/C33H18ClN3O2.C25H16ClN3.C24H15ClN4/c34-33-36-31(35-32(37-33)25-11-5-10-23-22-7-1-3-12-26(22)39-30(23)25)20-17-15-19(16-18-20)21-9-6-14-28-29(21)24-8-2-4-13-27(24)38-28;26-25-28-23(18-10-5-2-6-11-18)27-24(29-25)22-13-7-12-20-16-19(14-15-21(20)22)17-8-3-1-4-9-17;25-24-28-22(17-6-2-1-3-7-17)27-23(29-24)19-10-4-9-18(14-19)20-11-5-8-16-12-13-26-15-21(16)20/h1-18H;1-16H;1-15H. The zero-order valence-electron chi connectivity index (χ0n) is 51.2. The fourth-order valence-corrected chi connectivity index (χ4v) is 12.7. The van der Waals surface area contributed by atoms with Gasteiger partial charge in [-0.2, -0.15) is 29.9 Å². The molecule has 15 heteroatoms. The number of rotatable bonds is 9. The van der Waals surface area contributed by atoms with Crippen molar-refractivity contribution in [3.8, 4) is 102 Å². The Bertz CT molecular complexity index is 5950. The third-order valence-electron chi connectivity index (χ3n) is 16.7. The van der Waals surface area contributed by atoms with Gasteiger partial charge in [-0.25, -0.2) is 15.0 Å². The van der Waals surface area contributed by atoms with Crippen molar-refractivity contribution in [2.75, 3.05) is 0 Å². The maximum absolute atomic E-state index is 6.41. The third-order valence-corrected chi connectivity index (χ3v) is 17.2. The third kappa shape index (κ3) is 12.3. The Hall–Kier alpha value is -12.2. The van der Waals surface area contributed by atoms with Crippen LogP contribution >= 0.6 is 34.8 Å². The van der Waals surface area contributed by atoms with Crippen LogP contribution in [0, 0.1) is 0 Å². The fourth-order valence-electron chi connectivity index (χ4n) is 12.2. The van der Waals surface area contributed by atoms with E-state index in [1.165, 1.54) is 11.1 Å². The minimum atomic E-state index is 0.127. The topological polar surface area (TPSA) is 155 Å². The fraction of sp³-hybridized carbons (Fsp3) is 0. The first-order valence-electron chi connectivity index (χ1n) is 31.1. The molecule has 0 aliphatic heterocycles. The number of para-hydroxylation sites is 3. The largest absolute Gasteiger partial charge is 0.456 e. The van der Waals surface area contributed by atoms with Crippen molar-refractivity contribution in [1.29, 1.82) is 0 Å². The van der Waals surface area contributed by atoms with Gasteiger partial charge in [0.05, 0.1) is 5.56 Å². The van der Waals surface area contributed by atoms with Gasteiger partial charge in [0.2, 0.25) is 15.9 Å². The molecule has 0 unspecified atom stereocenters. The quantitative estimate of drug-likeness (QED) is 0.135. The Labute approximate surface area is 570 Å². The van der Waals surface area contributed by atoms with Gasteiger partial charge in [-0.3, -0.25) is 4.98 Å². The summed E-state index contributed by atoms with van der Waals surface area (Å²) < 4.78 is 12.3. The van der Waals surface area contributed by atoms with Crippen molar-refractivity contribution >= 4 is 100 Å². The molecule has 12 nitrogen and oxygen atoms in total. The summed E-state index contributed by atoms with van der Waals surface area (Å²) in [7, 11) is 0. The van der Waals surface area contributed by atoms with E-state index in [9.17, 15) is 0 Å². The first kappa shape index (κ1) is 59.8. The molecule has 0 fully saturated rings. The lowest BCUT2D eigenvalue weighted by molar-refractivity contribution is 0.669. The number of benzene rings is 12. The van der Waals surface area contributed by atoms with E-state index in [4.69, 9.17) is 53.6 Å². The molecule has 6 heterocycles. The minimum Gasteiger partial charge on any atom is -0.456 e. The van der Waals surface area contributed by atoms with Gasteiger partial charge in [0.15, 0.2) is 34.9 Å². The van der Waals surface area contributed by atoms with E-state index in [0.29, 0.717) is 34.9 Å². The first-order valence-corrected chi connectivity index (χ1v) is 32.2. The second-order valence-electron chi connectivity index (χ2n) is 22.7. The molecule has 12 aromatic carbocycles. The van der Waals surface area contributed by atoms with Gasteiger partial charge in [0.1, 0.15) is 22.3 Å². The number of pyridine rings is 1. The van der Waals surface area contributed by atoms with Crippen molar-refractivity contribution in [2.24, 2.45) is 0 Å². The molecule has 0 spiro atoms. The molecule has 0 radical (unpaired) electrons. The summed E-state index contributed by atoms with van der Waals surface area (Å²) in [5.74, 6) is 3.20. The Morgan fingerprint density at radius 1 is 0.237 bits per heavy atom. The van der Waals surface area contributed by atoms with Crippen LogP contribution in [-0.4, -0.2) is 49.8 Å². The van der Waals surface area contributed by atoms with Crippen molar-refractivity contribution in [2.45, 2.75) is 0 Å². The highest BCUT2D eigenvalue weighted by Gasteiger charge is 2.19. The molecule has 0 bridgehead atoms. The van der Waals surface area contributed by atoms with Crippen molar-refractivity contribution < 1.29 is 8.83 Å². The van der Waals surface area contributed by atoms with Gasteiger partial charge in [-0.15, -0.1) is 0 Å². The second-order valence-corrected chi connectivity index (χ2v) is 23.7. The van der Waals surface area contributed by atoms with Crippen LogP contribution in [0.15, 0.2) is 306 Å². The summed E-state index contributed by atoms with van der Waals surface area (Å²) in [4.78, 5) is 44.7. The summed E-state index contributed by atoms with van der Waals surface area (Å²) in [6, 6.07) is 95.2. The summed E-state index contributed by atoms with van der Waals surface area (Å²) in [6.45, 7) is 0. The van der Waals surface area contributed by atoms with Crippen LogP contribution in [0.1, 0.15) is 0 Å². The van der Waals surface area contributed by atoms with Crippen LogP contribution in [0.5, 0.6) is 0 Å². The Morgan fingerprint density at radius 3 is 1.38 bits per heavy atom. The summed E-state index contributed by atoms with van der Waals surface area (Å²) in [6.07, 6.45) is 3.70. The second kappa shape index (κ2) is 26.3. The zero-order valence-corrected chi connectivity index (χ0v) is 53.5. The number of nitrogens with zero attached hydrogens (tertiary/aromatic N) is 10. The Kier molecular flexibility index (Phi) is 16.2. The number of hydrogen-bond acceptors (Lipinski definition) is 12. The van der Waals surface area contributed by atoms with Gasteiger partial charge in [-0.05, 0) is 127 Å². The molecular formula is C82H49Cl3N10O2. The molecule has 0 aliphatic carbocycles. The van der Waals surface area contributed by atoms with Crippen LogP contribution in [0.3, 0.4) is 0 Å². The zero-order chi connectivity index (χ0) is 65.2. The lowest BCUT2D eigenvalue weighted by Crippen LogP contribution is -1.97. The van der Waals surface area contributed by atoms with Gasteiger partial charge < -0.3 is 8.83 Å². The highest BCUT2D eigenvalue weighted by atomic mass is 35.5. The van der Waals surface area contributed by atoms with E-state index in [1.54, 1.807) is 6.20 Å². The maximum Gasteiger partial charge on any atom is 0.226 e. The SMILES string of the molecule is Clc1nc(-c2ccc(-c3cccc4oc5ccccc5c34)cc2)nc(-c2cccc3c2oc2ccccc23)n1.Clc1nc(-c2ccccc2)nc(-c2cccc(-c3cccc4ccncc34)c2)n1.Clc1nc(-c2ccccc2)nc(-c2cccc3cc(-c4ccccc4)ccc23)n1. The molecule has 0 aliphatic rings. The van der Waals surface area contributed by atoms with E-state index in [0.717, 1.165) is 121 Å².